The molecule has 2 rings (SSSR count). The first-order chi connectivity index (χ1) is 9.28. The summed E-state index contributed by atoms with van der Waals surface area (Å²) in [5.41, 5.74) is 3.59. The van der Waals surface area contributed by atoms with E-state index in [4.69, 9.17) is 11.2 Å². The number of hydrogen-bond donors (Lipinski definition) is 1. The number of aryl methyl sites for hydroxylation is 1. The zero-order chi connectivity index (χ0) is 13.5. The Bertz CT molecular complexity index is 567. The summed E-state index contributed by atoms with van der Waals surface area (Å²) >= 11 is 0. The van der Waals surface area contributed by atoms with Crippen LogP contribution in [-0.4, -0.2) is 6.61 Å². The maximum absolute atomic E-state index is 5.33. The van der Waals surface area contributed by atoms with Crippen LogP contribution in [0.1, 0.15) is 11.1 Å². The van der Waals surface area contributed by atoms with Crippen LogP contribution in [0, 0.1) is 19.3 Å². The van der Waals surface area contributed by atoms with Gasteiger partial charge in [-0.25, -0.2) is 0 Å². The minimum absolute atomic E-state index is 0.306. The Balaban J connectivity index is 1.91. The van der Waals surface area contributed by atoms with E-state index in [0.717, 1.165) is 18.0 Å². The lowest BCUT2D eigenvalue weighted by molar-refractivity contribution is 0.370. The highest BCUT2D eigenvalue weighted by Gasteiger charge is 1.96. The Morgan fingerprint density at radius 3 is 2.63 bits per heavy atom. The van der Waals surface area contributed by atoms with Crippen LogP contribution in [0.3, 0.4) is 0 Å². The van der Waals surface area contributed by atoms with Crippen molar-refractivity contribution in [3.63, 3.8) is 0 Å². The van der Waals surface area contributed by atoms with Crippen LogP contribution in [0.5, 0.6) is 5.75 Å². The van der Waals surface area contributed by atoms with Crippen molar-refractivity contribution < 1.29 is 4.74 Å². The van der Waals surface area contributed by atoms with Crippen molar-refractivity contribution in [2.75, 3.05) is 11.9 Å². The molecule has 2 aromatic rings. The summed E-state index contributed by atoms with van der Waals surface area (Å²) in [6, 6.07) is 16.3. The van der Waals surface area contributed by atoms with E-state index >= 15 is 0 Å². The molecule has 0 heterocycles. The van der Waals surface area contributed by atoms with Crippen molar-refractivity contribution in [2.24, 2.45) is 0 Å². The van der Waals surface area contributed by atoms with E-state index in [1.165, 1.54) is 11.1 Å². The van der Waals surface area contributed by atoms with Gasteiger partial charge in [-0.3, -0.25) is 0 Å². The molecule has 0 aromatic heterocycles. The summed E-state index contributed by atoms with van der Waals surface area (Å²) in [6.45, 7) is 3.18. The zero-order valence-corrected chi connectivity index (χ0v) is 11.0. The fourth-order valence-electron chi connectivity index (χ4n) is 1.79. The van der Waals surface area contributed by atoms with Crippen LogP contribution >= 0.6 is 0 Å². The normalized spacial score (nSPS) is 9.68. The lowest BCUT2D eigenvalue weighted by Crippen LogP contribution is -2.00. The fraction of sp³-hybridized carbons (Fsp3) is 0.176. The molecule has 0 unspecified atom stereocenters. The van der Waals surface area contributed by atoms with Crippen molar-refractivity contribution in [3.05, 3.63) is 59.7 Å². The first-order valence-electron chi connectivity index (χ1n) is 6.23. The van der Waals surface area contributed by atoms with E-state index < -0.39 is 0 Å². The number of ether oxygens (including phenoxy) is 1. The van der Waals surface area contributed by atoms with Gasteiger partial charge in [0.15, 0.2) is 0 Å². The lowest BCUT2D eigenvalue weighted by atomic mass is 10.2. The van der Waals surface area contributed by atoms with Crippen molar-refractivity contribution in [1.29, 1.82) is 0 Å². The molecule has 0 saturated carbocycles. The topological polar surface area (TPSA) is 21.3 Å². The summed E-state index contributed by atoms with van der Waals surface area (Å²) < 4.78 is 5.33. The fourth-order valence-corrected chi connectivity index (χ4v) is 1.79. The SMILES string of the molecule is C#CCOc1ccc(CNc2cccc(C)c2)cc1. The Hall–Kier alpha value is -2.40. The van der Waals surface area contributed by atoms with Crippen LogP contribution in [0.15, 0.2) is 48.5 Å². The Morgan fingerprint density at radius 1 is 1.16 bits per heavy atom. The van der Waals surface area contributed by atoms with Gasteiger partial charge in [0.05, 0.1) is 0 Å². The van der Waals surface area contributed by atoms with Gasteiger partial charge in [-0.2, -0.15) is 0 Å². The van der Waals surface area contributed by atoms with Crippen LogP contribution in [0.25, 0.3) is 0 Å². The summed E-state index contributed by atoms with van der Waals surface area (Å²) in [5.74, 6) is 3.25. The highest BCUT2D eigenvalue weighted by Crippen LogP contribution is 2.14. The van der Waals surface area contributed by atoms with Gasteiger partial charge in [-0.1, -0.05) is 30.2 Å². The predicted molar refractivity (Wildman–Crippen MR) is 79.3 cm³/mol. The zero-order valence-electron chi connectivity index (χ0n) is 11.0. The molecule has 0 radical (unpaired) electrons. The number of hydrogen-bond acceptors (Lipinski definition) is 2. The monoisotopic (exact) mass is 251 g/mol. The van der Waals surface area contributed by atoms with Crippen molar-refractivity contribution in [2.45, 2.75) is 13.5 Å². The van der Waals surface area contributed by atoms with Crippen LogP contribution in [0.2, 0.25) is 0 Å². The first kappa shape index (κ1) is 13.0. The van der Waals surface area contributed by atoms with Gasteiger partial charge >= 0.3 is 0 Å². The molecule has 0 bridgehead atoms. The van der Waals surface area contributed by atoms with E-state index in [-0.39, 0.29) is 0 Å². The molecule has 0 amide bonds. The van der Waals surface area contributed by atoms with E-state index in [1.807, 2.05) is 24.3 Å². The molecule has 0 saturated heterocycles. The molecule has 0 aliphatic rings. The Labute approximate surface area is 114 Å². The van der Waals surface area contributed by atoms with Crippen molar-refractivity contribution in [3.8, 4) is 18.1 Å². The van der Waals surface area contributed by atoms with Gasteiger partial charge < -0.3 is 10.1 Å². The van der Waals surface area contributed by atoms with Crippen molar-refractivity contribution in [1.82, 2.24) is 0 Å². The van der Waals surface area contributed by atoms with E-state index in [2.05, 4.69) is 42.4 Å². The predicted octanol–water partition coefficient (Wildman–Crippen LogP) is 3.62. The summed E-state index contributed by atoms with van der Waals surface area (Å²) in [5, 5.41) is 3.39. The minimum atomic E-state index is 0.306. The van der Waals surface area contributed by atoms with Gasteiger partial charge in [0.1, 0.15) is 12.4 Å². The third-order valence-corrected chi connectivity index (χ3v) is 2.76. The smallest absolute Gasteiger partial charge is 0.148 e. The molecule has 0 aliphatic carbocycles. The highest BCUT2D eigenvalue weighted by atomic mass is 16.5. The molecular weight excluding hydrogens is 234 g/mol. The molecule has 0 fully saturated rings. The maximum Gasteiger partial charge on any atom is 0.148 e. The average Bonchev–Trinajstić information content (AvgIpc) is 2.44. The second-order valence-corrected chi connectivity index (χ2v) is 4.36. The Morgan fingerprint density at radius 2 is 1.95 bits per heavy atom. The minimum Gasteiger partial charge on any atom is -0.481 e. The molecule has 0 atom stereocenters. The molecule has 96 valence electrons. The first-order valence-corrected chi connectivity index (χ1v) is 6.23. The van der Waals surface area contributed by atoms with Gasteiger partial charge in [0, 0.05) is 12.2 Å². The van der Waals surface area contributed by atoms with Crippen molar-refractivity contribution >= 4 is 5.69 Å². The molecule has 0 aliphatic heterocycles. The number of benzene rings is 2. The third-order valence-electron chi connectivity index (χ3n) is 2.76. The Kier molecular flexibility index (Phi) is 4.47. The summed E-state index contributed by atoms with van der Waals surface area (Å²) in [4.78, 5) is 0. The third kappa shape index (κ3) is 4.08. The van der Waals surface area contributed by atoms with Crippen LogP contribution < -0.4 is 10.1 Å². The van der Waals surface area contributed by atoms with Gasteiger partial charge in [0.2, 0.25) is 0 Å². The lowest BCUT2D eigenvalue weighted by Gasteiger charge is -2.08. The highest BCUT2D eigenvalue weighted by molar-refractivity contribution is 5.46. The molecular formula is C17H17NO. The molecule has 19 heavy (non-hydrogen) atoms. The second-order valence-electron chi connectivity index (χ2n) is 4.36. The maximum atomic E-state index is 5.33. The molecule has 2 aromatic carbocycles. The summed E-state index contributed by atoms with van der Waals surface area (Å²) in [7, 11) is 0. The molecule has 1 N–H and O–H groups in total. The van der Waals surface area contributed by atoms with E-state index in [1.54, 1.807) is 0 Å². The summed E-state index contributed by atoms with van der Waals surface area (Å²) in [6.07, 6.45) is 5.15. The van der Waals surface area contributed by atoms with Crippen LogP contribution in [-0.2, 0) is 6.54 Å². The largest absolute Gasteiger partial charge is 0.481 e. The molecule has 2 heteroatoms. The molecule has 0 spiro atoms. The number of terminal acetylenes is 1. The average molecular weight is 251 g/mol. The van der Waals surface area contributed by atoms with E-state index in [9.17, 15) is 0 Å². The number of nitrogens with one attached hydrogen (secondary N) is 1. The standard InChI is InChI=1S/C17H17NO/c1-3-11-19-17-9-7-15(8-10-17)13-18-16-6-4-5-14(2)12-16/h1,4-10,12,18H,11,13H2,2H3. The van der Waals surface area contributed by atoms with E-state index in [0.29, 0.717) is 6.61 Å². The van der Waals surface area contributed by atoms with Gasteiger partial charge in [-0.15, -0.1) is 6.42 Å². The number of anilines is 1. The van der Waals surface area contributed by atoms with Gasteiger partial charge in [0.25, 0.3) is 0 Å². The second kappa shape index (κ2) is 6.51. The quantitative estimate of drug-likeness (QED) is 0.819. The number of rotatable bonds is 5. The van der Waals surface area contributed by atoms with Crippen LogP contribution in [0.4, 0.5) is 5.69 Å². The molecule has 2 nitrogen and oxygen atoms in total. The van der Waals surface area contributed by atoms with Gasteiger partial charge in [-0.05, 0) is 42.3 Å².